The third-order valence-corrected chi connectivity index (χ3v) is 4.67. The number of rotatable bonds is 7. The molecular weight excluding hydrogens is 338 g/mol. The maximum Gasteiger partial charge on any atom is 0.404 e. The highest BCUT2D eigenvalue weighted by molar-refractivity contribution is 5.64. The molecule has 26 heavy (non-hydrogen) atoms. The number of nitrogens with zero attached hydrogens (tertiary/aromatic N) is 1. The molecule has 1 unspecified atom stereocenters. The van der Waals surface area contributed by atoms with Crippen LogP contribution in [0.2, 0.25) is 0 Å². The second-order valence-electron chi connectivity index (χ2n) is 6.84. The van der Waals surface area contributed by atoms with E-state index in [1.165, 1.54) is 0 Å². The van der Waals surface area contributed by atoms with Crippen LogP contribution in [0.15, 0.2) is 24.3 Å². The smallest absolute Gasteiger partial charge is 0.404 e. The number of benzene rings is 1. The van der Waals surface area contributed by atoms with Crippen LogP contribution >= 0.6 is 0 Å². The van der Waals surface area contributed by atoms with E-state index in [4.69, 9.17) is 14.6 Å². The Morgan fingerprint density at radius 3 is 2.92 bits per heavy atom. The highest BCUT2D eigenvalue weighted by atomic mass is 16.6. The van der Waals surface area contributed by atoms with Crippen molar-refractivity contribution in [2.75, 3.05) is 39.3 Å². The van der Waals surface area contributed by atoms with E-state index in [0.717, 1.165) is 44.0 Å². The lowest BCUT2D eigenvalue weighted by molar-refractivity contribution is 0.0475. The van der Waals surface area contributed by atoms with E-state index in [0.29, 0.717) is 13.2 Å². The van der Waals surface area contributed by atoms with Crippen molar-refractivity contribution in [3.05, 3.63) is 24.3 Å². The highest BCUT2D eigenvalue weighted by Gasteiger charge is 2.26. The number of likely N-dealkylation sites (tertiary alicyclic amines) is 1. The molecule has 3 atom stereocenters. The van der Waals surface area contributed by atoms with Crippen molar-refractivity contribution < 1.29 is 24.5 Å². The SMILES string of the molecule is O=C(O)NCC(O)CN[C@H]1CCCN(C[C@H]2COc3ccccc3O2)C1. The van der Waals surface area contributed by atoms with Gasteiger partial charge in [-0.05, 0) is 31.5 Å². The van der Waals surface area contributed by atoms with Crippen molar-refractivity contribution in [2.24, 2.45) is 0 Å². The lowest BCUT2D eigenvalue weighted by Crippen LogP contribution is -2.51. The van der Waals surface area contributed by atoms with Crippen LogP contribution in [-0.2, 0) is 0 Å². The Labute approximate surface area is 153 Å². The molecule has 8 heteroatoms. The number of amides is 1. The normalized spacial score (nSPS) is 24.0. The molecule has 2 aliphatic rings. The van der Waals surface area contributed by atoms with Crippen LogP contribution in [0.5, 0.6) is 11.5 Å². The molecule has 0 radical (unpaired) electrons. The molecule has 2 aliphatic heterocycles. The van der Waals surface area contributed by atoms with E-state index in [1.807, 2.05) is 24.3 Å². The minimum atomic E-state index is -1.12. The Bertz CT molecular complexity index is 600. The second-order valence-corrected chi connectivity index (χ2v) is 6.84. The molecule has 0 saturated carbocycles. The summed E-state index contributed by atoms with van der Waals surface area (Å²) in [5, 5.41) is 23.9. The lowest BCUT2D eigenvalue weighted by Gasteiger charge is -2.36. The topological polar surface area (TPSA) is 103 Å². The van der Waals surface area contributed by atoms with Gasteiger partial charge in [0.15, 0.2) is 11.5 Å². The maximum atomic E-state index is 10.4. The number of aliphatic hydroxyl groups excluding tert-OH is 1. The zero-order chi connectivity index (χ0) is 18.4. The third-order valence-electron chi connectivity index (χ3n) is 4.67. The molecule has 2 heterocycles. The molecule has 4 N–H and O–H groups in total. The van der Waals surface area contributed by atoms with Crippen LogP contribution < -0.4 is 20.1 Å². The average molecular weight is 365 g/mol. The maximum absolute atomic E-state index is 10.4. The van der Waals surface area contributed by atoms with E-state index in [-0.39, 0.29) is 18.7 Å². The van der Waals surface area contributed by atoms with Gasteiger partial charge in [-0.3, -0.25) is 4.90 Å². The monoisotopic (exact) mass is 365 g/mol. The number of hydrogen-bond donors (Lipinski definition) is 4. The third kappa shape index (κ3) is 5.48. The van der Waals surface area contributed by atoms with Crippen molar-refractivity contribution >= 4 is 6.09 Å². The van der Waals surface area contributed by atoms with Gasteiger partial charge in [0.05, 0.1) is 6.10 Å². The molecule has 1 saturated heterocycles. The van der Waals surface area contributed by atoms with Crippen LogP contribution in [-0.4, -0.2) is 78.8 Å². The molecular formula is C18H27N3O5. The Balaban J connectivity index is 1.40. The van der Waals surface area contributed by atoms with Crippen molar-refractivity contribution in [2.45, 2.75) is 31.1 Å². The van der Waals surface area contributed by atoms with Gasteiger partial charge in [0.25, 0.3) is 0 Å². The molecule has 0 spiro atoms. The van der Waals surface area contributed by atoms with Crippen LogP contribution in [0, 0.1) is 0 Å². The van der Waals surface area contributed by atoms with E-state index in [9.17, 15) is 9.90 Å². The minimum Gasteiger partial charge on any atom is -0.486 e. The summed E-state index contributed by atoms with van der Waals surface area (Å²) < 4.78 is 11.8. The molecule has 8 nitrogen and oxygen atoms in total. The predicted octanol–water partition coefficient (Wildman–Crippen LogP) is 0.509. The fourth-order valence-electron chi connectivity index (χ4n) is 3.41. The first-order valence-electron chi connectivity index (χ1n) is 9.09. The Hall–Kier alpha value is -2.03. The average Bonchev–Trinajstić information content (AvgIpc) is 2.65. The van der Waals surface area contributed by atoms with Gasteiger partial charge in [-0.1, -0.05) is 12.1 Å². The summed E-state index contributed by atoms with van der Waals surface area (Å²) in [5.74, 6) is 1.59. The number of fused-ring (bicyclic) bond motifs is 1. The first-order valence-corrected chi connectivity index (χ1v) is 9.09. The van der Waals surface area contributed by atoms with Crippen LogP contribution in [0.1, 0.15) is 12.8 Å². The van der Waals surface area contributed by atoms with Gasteiger partial charge in [0.1, 0.15) is 12.7 Å². The minimum absolute atomic E-state index is 0.00834. The van der Waals surface area contributed by atoms with Crippen LogP contribution in [0.3, 0.4) is 0 Å². The number of carboxylic acid groups (broad SMARTS) is 1. The first kappa shape index (κ1) is 18.8. The van der Waals surface area contributed by atoms with E-state index in [1.54, 1.807) is 0 Å². The molecule has 1 aromatic rings. The molecule has 3 rings (SSSR count). The first-order chi connectivity index (χ1) is 12.6. The van der Waals surface area contributed by atoms with E-state index < -0.39 is 12.2 Å². The molecule has 0 bridgehead atoms. The van der Waals surface area contributed by atoms with Gasteiger partial charge in [0.2, 0.25) is 0 Å². The number of ether oxygens (including phenoxy) is 2. The Kier molecular flexibility index (Phi) is 6.54. The standard InChI is InChI=1S/C18H27N3O5/c22-14(9-20-18(23)24)8-19-13-4-3-7-21(10-13)11-15-12-25-16-5-1-2-6-17(16)26-15/h1-2,5-6,13-15,19-20,22H,3-4,7-12H2,(H,23,24)/t13-,14?,15-/m0/s1. The summed E-state index contributed by atoms with van der Waals surface area (Å²) in [7, 11) is 0. The summed E-state index contributed by atoms with van der Waals surface area (Å²) in [6.07, 6.45) is 0.275. The molecule has 0 aliphatic carbocycles. The molecule has 1 amide bonds. The molecule has 1 fully saturated rings. The zero-order valence-electron chi connectivity index (χ0n) is 14.8. The van der Waals surface area contributed by atoms with Gasteiger partial charge in [-0.2, -0.15) is 0 Å². The second kappa shape index (κ2) is 9.07. The zero-order valence-corrected chi connectivity index (χ0v) is 14.8. The fourth-order valence-corrected chi connectivity index (χ4v) is 3.41. The van der Waals surface area contributed by atoms with Crippen LogP contribution in [0.25, 0.3) is 0 Å². The number of carbonyl (C=O) groups is 1. The summed E-state index contributed by atoms with van der Waals surface area (Å²) in [6, 6.07) is 7.99. The molecule has 144 valence electrons. The summed E-state index contributed by atoms with van der Waals surface area (Å²) >= 11 is 0. The number of hydrogen-bond acceptors (Lipinski definition) is 6. The van der Waals surface area contributed by atoms with Gasteiger partial charge >= 0.3 is 6.09 Å². The number of nitrogens with one attached hydrogen (secondary N) is 2. The van der Waals surface area contributed by atoms with E-state index >= 15 is 0 Å². The van der Waals surface area contributed by atoms with Crippen molar-refractivity contribution in [3.63, 3.8) is 0 Å². The van der Waals surface area contributed by atoms with Crippen molar-refractivity contribution in [3.8, 4) is 11.5 Å². The van der Waals surface area contributed by atoms with E-state index in [2.05, 4.69) is 15.5 Å². The molecule has 1 aromatic carbocycles. The highest BCUT2D eigenvalue weighted by Crippen LogP contribution is 2.31. The Morgan fingerprint density at radius 2 is 2.12 bits per heavy atom. The quantitative estimate of drug-likeness (QED) is 0.558. The number of aliphatic hydroxyl groups is 1. The fraction of sp³-hybridized carbons (Fsp3) is 0.611. The van der Waals surface area contributed by atoms with Gasteiger partial charge < -0.3 is 30.3 Å². The number of piperidine rings is 1. The number of para-hydroxylation sites is 2. The van der Waals surface area contributed by atoms with Gasteiger partial charge in [-0.15, -0.1) is 0 Å². The van der Waals surface area contributed by atoms with Crippen LogP contribution in [0.4, 0.5) is 4.79 Å². The summed E-state index contributed by atoms with van der Waals surface area (Å²) in [6.45, 7) is 3.64. The summed E-state index contributed by atoms with van der Waals surface area (Å²) in [4.78, 5) is 12.8. The largest absolute Gasteiger partial charge is 0.486 e. The Morgan fingerprint density at radius 1 is 1.31 bits per heavy atom. The van der Waals surface area contributed by atoms with Gasteiger partial charge in [-0.25, -0.2) is 4.79 Å². The van der Waals surface area contributed by atoms with Gasteiger partial charge in [0, 0.05) is 32.2 Å². The molecule has 0 aromatic heterocycles. The lowest BCUT2D eigenvalue weighted by atomic mass is 10.0. The van der Waals surface area contributed by atoms with Crippen molar-refractivity contribution in [1.82, 2.24) is 15.5 Å². The summed E-state index contributed by atoms with van der Waals surface area (Å²) in [5.41, 5.74) is 0. The van der Waals surface area contributed by atoms with Crippen molar-refractivity contribution in [1.29, 1.82) is 0 Å². The predicted molar refractivity (Wildman–Crippen MR) is 95.9 cm³/mol.